The van der Waals surface area contributed by atoms with Crippen LogP contribution in [0.4, 0.5) is 5.69 Å². The molecular formula is C53H66N4O6. The number of ether oxygens (including phenoxy) is 2. The molecule has 1 saturated heterocycles. The number of pyridine rings is 1. The van der Waals surface area contributed by atoms with E-state index in [1.165, 1.54) is 12.8 Å². The lowest BCUT2D eigenvalue weighted by molar-refractivity contribution is -0.148. The predicted octanol–water partition coefficient (Wildman–Crippen LogP) is 9.99. The first-order valence-corrected chi connectivity index (χ1v) is 23.4. The Kier molecular flexibility index (Phi) is 18.4. The van der Waals surface area contributed by atoms with E-state index < -0.39 is 36.1 Å². The summed E-state index contributed by atoms with van der Waals surface area (Å²) in [4.78, 5) is 62.7. The van der Waals surface area contributed by atoms with Gasteiger partial charge < -0.3 is 25.0 Å². The van der Waals surface area contributed by atoms with Gasteiger partial charge >= 0.3 is 11.9 Å². The molecule has 2 unspecified atom stereocenters. The molecule has 1 aromatic heterocycles. The Bertz CT molecular complexity index is 2090. The summed E-state index contributed by atoms with van der Waals surface area (Å²) < 4.78 is 11.6. The number of carbonyl (C=O) groups is 4. The number of rotatable bonds is 25. The van der Waals surface area contributed by atoms with Gasteiger partial charge in [0.1, 0.15) is 24.2 Å². The summed E-state index contributed by atoms with van der Waals surface area (Å²) >= 11 is 0. The number of benzene rings is 4. The molecule has 4 aromatic carbocycles. The first kappa shape index (κ1) is 46.7. The largest absolute Gasteiger partial charge is 0.464 e. The Hall–Kier alpha value is -5.77. The third-order valence-electron chi connectivity index (χ3n) is 12.1. The fourth-order valence-corrected chi connectivity index (χ4v) is 8.64. The third kappa shape index (κ3) is 13.9. The van der Waals surface area contributed by atoms with Crippen LogP contribution in [0.2, 0.25) is 0 Å². The highest BCUT2D eigenvalue weighted by Gasteiger charge is 2.43. The molecule has 2 N–H and O–H groups in total. The van der Waals surface area contributed by atoms with Crippen LogP contribution < -0.4 is 15.5 Å². The van der Waals surface area contributed by atoms with Crippen LogP contribution in [0.15, 0.2) is 109 Å². The smallest absolute Gasteiger partial charge is 0.328 e. The first-order chi connectivity index (χ1) is 30.8. The molecule has 10 nitrogen and oxygen atoms in total. The Morgan fingerprint density at radius 2 is 0.968 bits per heavy atom. The lowest BCUT2D eigenvalue weighted by Gasteiger charge is -2.32. The topological polar surface area (TPSA) is 127 Å². The van der Waals surface area contributed by atoms with Crippen LogP contribution >= 0.6 is 0 Å². The zero-order valence-corrected chi connectivity index (χ0v) is 37.3. The maximum atomic E-state index is 14.5. The molecule has 2 heterocycles. The average molecular weight is 855 g/mol. The Morgan fingerprint density at radius 3 is 1.41 bits per heavy atom. The van der Waals surface area contributed by atoms with E-state index in [1.807, 2.05) is 84.9 Å². The number of fused-ring (bicyclic) bond motifs is 2. The van der Waals surface area contributed by atoms with Crippen molar-refractivity contribution in [3.8, 4) is 0 Å². The zero-order valence-electron chi connectivity index (χ0n) is 37.3. The highest BCUT2D eigenvalue weighted by Crippen LogP contribution is 2.31. The Labute approximate surface area is 373 Å². The van der Waals surface area contributed by atoms with Crippen LogP contribution in [0.25, 0.3) is 21.5 Å². The van der Waals surface area contributed by atoms with E-state index in [0.29, 0.717) is 18.5 Å². The number of nitrogens with zero attached hydrogens (tertiary/aromatic N) is 2. The molecule has 0 spiro atoms. The maximum Gasteiger partial charge on any atom is 0.328 e. The van der Waals surface area contributed by atoms with Gasteiger partial charge in [0.2, 0.25) is 11.8 Å². The van der Waals surface area contributed by atoms with Crippen molar-refractivity contribution >= 4 is 51.0 Å². The van der Waals surface area contributed by atoms with Gasteiger partial charge in [-0.15, -0.1) is 0 Å². The number of nitrogens with one attached hydrogen (secondary N) is 2. The molecule has 1 fully saturated rings. The number of carbonyl (C=O) groups excluding carboxylic acids is 4. The minimum atomic E-state index is -0.946. The number of esters is 2. The lowest BCUT2D eigenvalue weighted by atomic mass is 10.0. The second-order valence-corrected chi connectivity index (χ2v) is 17.0. The van der Waals surface area contributed by atoms with Crippen molar-refractivity contribution in [3.05, 3.63) is 121 Å². The molecule has 0 bridgehead atoms. The quantitative estimate of drug-likeness (QED) is 0.0439. The standard InChI is InChI=1S/C53H66N4O6/c1-3-5-7-9-11-17-33-62-52(60)46(37-39-23-25-41-19-13-15-21-43(41)35-39)55-50(58)48-27-28-49(57(48)45-29-31-54-32-30-45)51(59)56-47(53(61)63-34-18-12-10-8-6-4-2)38-40-24-26-42-20-14-16-22-44(42)36-40/h13-16,19-26,29-32,35-36,46-49H,3-12,17-18,27-28,33-34,37-38H2,1-2H3,(H,55,58)(H,56,59)/t46?,47?,48-,49-/m0/s1. The van der Waals surface area contributed by atoms with Crippen molar-refractivity contribution in [1.29, 1.82) is 0 Å². The van der Waals surface area contributed by atoms with Gasteiger partial charge in [-0.3, -0.25) is 14.6 Å². The second kappa shape index (κ2) is 24.8. The monoisotopic (exact) mass is 854 g/mol. The first-order valence-electron chi connectivity index (χ1n) is 23.4. The molecule has 4 atom stereocenters. The van der Waals surface area contributed by atoms with E-state index in [-0.39, 0.29) is 37.9 Å². The van der Waals surface area contributed by atoms with Crippen LogP contribution in [-0.4, -0.2) is 66.1 Å². The summed E-state index contributed by atoms with van der Waals surface area (Å²) in [5, 5.41) is 10.4. The van der Waals surface area contributed by atoms with Gasteiger partial charge in [0.25, 0.3) is 0 Å². The van der Waals surface area contributed by atoms with E-state index >= 15 is 0 Å². The second-order valence-electron chi connectivity index (χ2n) is 17.0. The summed E-state index contributed by atoms with van der Waals surface area (Å²) in [5.41, 5.74) is 2.42. The highest BCUT2D eigenvalue weighted by atomic mass is 16.5. The normalized spacial score (nSPS) is 15.8. The van der Waals surface area contributed by atoms with Crippen molar-refractivity contribution in [2.45, 2.75) is 141 Å². The van der Waals surface area contributed by atoms with E-state index in [9.17, 15) is 19.2 Å². The number of aromatic nitrogens is 1. The molecule has 1 aliphatic heterocycles. The van der Waals surface area contributed by atoms with E-state index in [0.717, 1.165) is 96.9 Å². The van der Waals surface area contributed by atoms with E-state index in [4.69, 9.17) is 9.47 Å². The number of hydrogen-bond donors (Lipinski definition) is 2. The van der Waals surface area contributed by atoms with Crippen molar-refractivity contribution in [3.63, 3.8) is 0 Å². The average Bonchev–Trinajstić information content (AvgIpc) is 3.76. The summed E-state index contributed by atoms with van der Waals surface area (Å²) in [7, 11) is 0. The summed E-state index contributed by atoms with van der Waals surface area (Å²) in [5.74, 6) is -1.72. The van der Waals surface area contributed by atoms with Gasteiger partial charge in [-0.25, -0.2) is 9.59 Å². The van der Waals surface area contributed by atoms with Gasteiger partial charge in [-0.05, 0) is 70.5 Å². The Morgan fingerprint density at radius 1 is 0.556 bits per heavy atom. The number of anilines is 1. The predicted molar refractivity (Wildman–Crippen MR) is 251 cm³/mol. The molecule has 0 radical (unpaired) electrons. The van der Waals surface area contributed by atoms with E-state index in [2.05, 4.69) is 29.5 Å². The summed E-state index contributed by atoms with van der Waals surface area (Å²) in [6.45, 7) is 4.93. The number of amides is 2. The SMILES string of the molecule is CCCCCCCCOC(=O)C(Cc1ccc2ccccc2c1)NC(=O)[C@@H]1CC[C@@H](C(=O)NC(Cc2ccc3ccccc3c2)C(=O)OCCCCCCCC)N1c1ccncc1. The maximum absolute atomic E-state index is 14.5. The van der Waals surface area contributed by atoms with Crippen LogP contribution in [0.5, 0.6) is 0 Å². The molecule has 5 aromatic rings. The van der Waals surface area contributed by atoms with Gasteiger partial charge in [0, 0.05) is 30.9 Å². The van der Waals surface area contributed by atoms with Gasteiger partial charge in [0.15, 0.2) is 0 Å². The molecule has 0 saturated carbocycles. The van der Waals surface area contributed by atoms with Crippen molar-refractivity contribution in [1.82, 2.24) is 15.6 Å². The molecule has 63 heavy (non-hydrogen) atoms. The summed E-state index contributed by atoms with van der Waals surface area (Å²) in [6, 6.07) is 28.2. The van der Waals surface area contributed by atoms with Gasteiger partial charge in [-0.1, -0.05) is 163 Å². The fraction of sp³-hybridized carbons (Fsp3) is 0.453. The molecule has 10 heteroatoms. The molecule has 6 rings (SSSR count). The van der Waals surface area contributed by atoms with Crippen LogP contribution in [-0.2, 0) is 41.5 Å². The molecule has 1 aliphatic rings. The van der Waals surface area contributed by atoms with Crippen molar-refractivity contribution in [2.24, 2.45) is 0 Å². The van der Waals surface area contributed by atoms with Crippen molar-refractivity contribution in [2.75, 3.05) is 18.1 Å². The fourth-order valence-electron chi connectivity index (χ4n) is 8.64. The molecular weight excluding hydrogens is 789 g/mol. The number of unbranched alkanes of at least 4 members (excludes halogenated alkanes) is 10. The third-order valence-corrected chi connectivity index (χ3v) is 12.1. The van der Waals surface area contributed by atoms with Gasteiger partial charge in [0.05, 0.1) is 13.2 Å². The van der Waals surface area contributed by atoms with Crippen LogP contribution in [0.3, 0.4) is 0 Å². The van der Waals surface area contributed by atoms with Crippen LogP contribution in [0.1, 0.15) is 115 Å². The molecule has 334 valence electrons. The minimum Gasteiger partial charge on any atom is -0.464 e. The van der Waals surface area contributed by atoms with E-state index in [1.54, 1.807) is 29.4 Å². The zero-order chi connectivity index (χ0) is 44.2. The lowest BCUT2D eigenvalue weighted by Crippen LogP contribution is -2.56. The highest BCUT2D eigenvalue weighted by molar-refractivity contribution is 5.96. The molecule has 0 aliphatic carbocycles. The molecule has 2 amide bonds. The summed E-state index contributed by atoms with van der Waals surface area (Å²) in [6.07, 6.45) is 17.1. The van der Waals surface area contributed by atoms with Crippen LogP contribution in [0, 0.1) is 0 Å². The van der Waals surface area contributed by atoms with Crippen molar-refractivity contribution < 1.29 is 28.7 Å². The Balaban J connectivity index is 1.19. The number of hydrogen-bond acceptors (Lipinski definition) is 8. The van der Waals surface area contributed by atoms with Gasteiger partial charge in [-0.2, -0.15) is 0 Å². The minimum absolute atomic E-state index is 0.245.